The van der Waals surface area contributed by atoms with Crippen LogP contribution in [0.4, 0.5) is 0 Å². The monoisotopic (exact) mass is 660 g/mol. The van der Waals surface area contributed by atoms with Crippen LogP contribution in [0, 0.1) is 0 Å². The molecule has 200 valence electrons. The van der Waals surface area contributed by atoms with Gasteiger partial charge in [-0.3, -0.25) is 9.59 Å². The molecule has 1 aliphatic rings. The highest BCUT2D eigenvalue weighted by atomic mass is 79.9. The Morgan fingerprint density at radius 2 is 1.63 bits per heavy atom. The van der Waals surface area contributed by atoms with E-state index in [1.54, 1.807) is 23.1 Å². The summed E-state index contributed by atoms with van der Waals surface area (Å²) in [5, 5.41) is 3.66. The van der Waals surface area contributed by atoms with E-state index in [9.17, 15) is 9.59 Å². The van der Waals surface area contributed by atoms with Crippen LogP contribution in [-0.4, -0.2) is 35.4 Å². The lowest BCUT2D eigenvalue weighted by Crippen LogP contribution is -2.53. The summed E-state index contributed by atoms with van der Waals surface area (Å²) in [4.78, 5) is 29.2. The molecule has 0 spiro atoms. The fourth-order valence-corrected chi connectivity index (χ4v) is 5.92. The zero-order chi connectivity index (χ0) is 26.9. The van der Waals surface area contributed by atoms with Crippen molar-refractivity contribution in [2.45, 2.75) is 57.2 Å². The topological polar surface area (TPSA) is 58.6 Å². The number of ether oxygens (including phenoxy) is 1. The molecule has 1 fully saturated rings. The number of carbonyl (C=O) groups is 2. The Labute approximate surface area is 246 Å². The van der Waals surface area contributed by atoms with Gasteiger partial charge in [0.05, 0.1) is 5.02 Å². The van der Waals surface area contributed by atoms with Gasteiger partial charge < -0.3 is 15.0 Å². The molecule has 3 aromatic rings. The van der Waals surface area contributed by atoms with Gasteiger partial charge in [0.1, 0.15) is 11.8 Å². The van der Waals surface area contributed by atoms with Crippen LogP contribution < -0.4 is 10.1 Å². The zero-order valence-corrected chi connectivity index (χ0v) is 25.0. The highest BCUT2D eigenvalue weighted by Crippen LogP contribution is 2.28. The molecule has 0 aliphatic heterocycles. The highest BCUT2D eigenvalue weighted by molar-refractivity contribution is 9.10. The van der Waals surface area contributed by atoms with Gasteiger partial charge >= 0.3 is 0 Å². The molecule has 8 heteroatoms. The van der Waals surface area contributed by atoms with Crippen molar-refractivity contribution in [3.63, 3.8) is 0 Å². The first-order chi connectivity index (χ1) is 18.4. The van der Waals surface area contributed by atoms with Gasteiger partial charge in [-0.25, -0.2) is 0 Å². The SMILES string of the molecule is O=C(NC1CCCCC1)[C@@H](Cc1ccccc1)N(Cc1cccc(Br)c1)C(=O)COc1ccc(Br)cc1Cl. The van der Waals surface area contributed by atoms with Gasteiger partial charge in [0.25, 0.3) is 5.91 Å². The van der Waals surface area contributed by atoms with Crippen molar-refractivity contribution in [1.82, 2.24) is 10.2 Å². The van der Waals surface area contributed by atoms with Gasteiger partial charge in [-0.2, -0.15) is 0 Å². The molecule has 1 atom stereocenters. The summed E-state index contributed by atoms with van der Waals surface area (Å²) in [6, 6.07) is 22.3. The number of carbonyl (C=O) groups excluding carboxylic acids is 2. The summed E-state index contributed by atoms with van der Waals surface area (Å²) in [6.45, 7) is 0.0304. The third-order valence-corrected chi connectivity index (χ3v) is 7.99. The van der Waals surface area contributed by atoms with Crippen LogP contribution >= 0.6 is 43.5 Å². The quantitative estimate of drug-likeness (QED) is 0.247. The standard InChI is InChI=1S/C30H31Br2ClN2O3/c31-23-11-7-10-22(16-23)19-35(29(36)20-38-28-15-14-24(32)18-26(28)33)27(17-21-8-3-1-4-9-21)30(37)34-25-12-5-2-6-13-25/h1,3-4,7-11,14-16,18,25,27H,2,5-6,12-13,17,19-20H2,(H,34,37)/t27-/m1/s1. The summed E-state index contributed by atoms with van der Waals surface area (Å²) in [5.74, 6) is -0.00801. The number of hydrogen-bond acceptors (Lipinski definition) is 3. The predicted octanol–water partition coefficient (Wildman–Crippen LogP) is 7.33. The maximum Gasteiger partial charge on any atom is 0.261 e. The van der Waals surface area contributed by atoms with Crippen LogP contribution in [0.15, 0.2) is 81.7 Å². The minimum Gasteiger partial charge on any atom is -0.482 e. The maximum absolute atomic E-state index is 13.8. The number of halogens is 3. The Morgan fingerprint density at radius 1 is 0.921 bits per heavy atom. The fraction of sp³-hybridized carbons (Fsp3) is 0.333. The molecule has 5 nitrogen and oxygen atoms in total. The number of benzene rings is 3. The summed E-state index contributed by atoms with van der Waals surface area (Å²) in [5.41, 5.74) is 1.90. The van der Waals surface area contributed by atoms with Gasteiger partial charge in [-0.1, -0.05) is 105 Å². The van der Waals surface area contributed by atoms with Gasteiger partial charge in [-0.05, 0) is 54.3 Å². The Morgan fingerprint density at radius 3 is 2.34 bits per heavy atom. The normalized spacial score (nSPS) is 14.5. The molecule has 1 saturated carbocycles. The van der Waals surface area contributed by atoms with Gasteiger partial charge in [0.15, 0.2) is 6.61 Å². The van der Waals surface area contributed by atoms with Crippen molar-refractivity contribution < 1.29 is 14.3 Å². The molecule has 1 N–H and O–H groups in total. The molecular weight excluding hydrogens is 632 g/mol. The summed E-state index contributed by atoms with van der Waals surface area (Å²) < 4.78 is 7.57. The second kappa shape index (κ2) is 14.2. The van der Waals surface area contributed by atoms with Crippen LogP contribution in [0.25, 0.3) is 0 Å². The fourth-order valence-electron chi connectivity index (χ4n) is 4.74. The van der Waals surface area contributed by atoms with E-state index >= 15 is 0 Å². The van der Waals surface area contributed by atoms with E-state index in [-0.39, 0.29) is 31.0 Å². The average molecular weight is 663 g/mol. The lowest BCUT2D eigenvalue weighted by molar-refractivity contribution is -0.143. The second-order valence-corrected chi connectivity index (χ2v) is 11.8. The molecule has 0 heterocycles. The highest BCUT2D eigenvalue weighted by Gasteiger charge is 2.32. The van der Waals surface area contributed by atoms with E-state index in [1.807, 2.05) is 54.6 Å². The number of rotatable bonds is 10. The number of nitrogens with one attached hydrogen (secondary N) is 1. The largest absolute Gasteiger partial charge is 0.482 e. The van der Waals surface area contributed by atoms with Crippen molar-refractivity contribution in [3.8, 4) is 5.75 Å². The van der Waals surface area contributed by atoms with Crippen molar-refractivity contribution in [2.75, 3.05) is 6.61 Å². The molecule has 0 saturated heterocycles. The van der Waals surface area contributed by atoms with Crippen LogP contribution in [-0.2, 0) is 22.6 Å². The van der Waals surface area contributed by atoms with Gasteiger partial charge in [0, 0.05) is 28.0 Å². The summed E-state index contributed by atoms with van der Waals surface area (Å²) in [6.07, 6.45) is 5.75. The van der Waals surface area contributed by atoms with Crippen molar-refractivity contribution >= 4 is 55.3 Å². The van der Waals surface area contributed by atoms with E-state index in [2.05, 4.69) is 37.2 Å². The molecule has 0 unspecified atom stereocenters. The molecule has 1 aliphatic carbocycles. The number of amides is 2. The maximum atomic E-state index is 13.8. The minimum atomic E-state index is -0.699. The van der Waals surface area contributed by atoms with E-state index in [0.29, 0.717) is 17.2 Å². The first-order valence-electron chi connectivity index (χ1n) is 12.8. The van der Waals surface area contributed by atoms with E-state index in [1.165, 1.54) is 6.42 Å². The van der Waals surface area contributed by atoms with Gasteiger partial charge in [-0.15, -0.1) is 0 Å². The zero-order valence-electron chi connectivity index (χ0n) is 21.0. The summed E-state index contributed by atoms with van der Waals surface area (Å²) >= 11 is 13.2. The minimum absolute atomic E-state index is 0.134. The Hall–Kier alpha value is -2.35. The predicted molar refractivity (Wildman–Crippen MR) is 158 cm³/mol. The molecule has 3 aromatic carbocycles. The van der Waals surface area contributed by atoms with Crippen molar-refractivity contribution in [3.05, 3.63) is 97.9 Å². The molecule has 0 aromatic heterocycles. The third-order valence-electron chi connectivity index (χ3n) is 6.71. The Balaban J connectivity index is 1.62. The molecule has 0 radical (unpaired) electrons. The Bertz CT molecular complexity index is 1240. The number of hydrogen-bond donors (Lipinski definition) is 1. The molecule has 38 heavy (non-hydrogen) atoms. The summed E-state index contributed by atoms with van der Waals surface area (Å²) in [7, 11) is 0. The van der Waals surface area contributed by atoms with Crippen molar-refractivity contribution in [1.29, 1.82) is 0 Å². The lowest BCUT2D eigenvalue weighted by atomic mass is 9.94. The van der Waals surface area contributed by atoms with Crippen LogP contribution in [0.5, 0.6) is 5.75 Å². The molecule has 2 amide bonds. The van der Waals surface area contributed by atoms with E-state index in [0.717, 1.165) is 45.8 Å². The Kier molecular flexibility index (Phi) is 10.7. The number of nitrogens with zero attached hydrogens (tertiary/aromatic N) is 1. The van der Waals surface area contributed by atoms with E-state index < -0.39 is 6.04 Å². The third kappa shape index (κ3) is 8.32. The first-order valence-corrected chi connectivity index (χ1v) is 14.8. The van der Waals surface area contributed by atoms with Crippen LogP contribution in [0.3, 0.4) is 0 Å². The molecular formula is C30H31Br2ClN2O3. The van der Waals surface area contributed by atoms with Crippen molar-refractivity contribution in [2.24, 2.45) is 0 Å². The molecule has 0 bridgehead atoms. The van der Waals surface area contributed by atoms with Crippen LogP contribution in [0.2, 0.25) is 5.02 Å². The smallest absolute Gasteiger partial charge is 0.261 e. The molecule has 4 rings (SSSR count). The second-order valence-electron chi connectivity index (χ2n) is 9.56. The average Bonchev–Trinajstić information content (AvgIpc) is 2.91. The van der Waals surface area contributed by atoms with Gasteiger partial charge in [0.2, 0.25) is 5.91 Å². The van der Waals surface area contributed by atoms with Crippen LogP contribution in [0.1, 0.15) is 43.2 Å². The lowest BCUT2D eigenvalue weighted by Gasteiger charge is -2.33. The van der Waals surface area contributed by atoms with E-state index in [4.69, 9.17) is 16.3 Å². The first kappa shape index (κ1) is 28.7.